The van der Waals surface area contributed by atoms with Gasteiger partial charge in [-0.3, -0.25) is 4.79 Å². The molecule has 0 fully saturated rings. The van der Waals surface area contributed by atoms with E-state index >= 15 is 0 Å². The summed E-state index contributed by atoms with van der Waals surface area (Å²) >= 11 is 0. The fourth-order valence-electron chi connectivity index (χ4n) is 3.22. The van der Waals surface area contributed by atoms with E-state index in [0.717, 1.165) is 17.7 Å². The van der Waals surface area contributed by atoms with E-state index in [1.807, 2.05) is 38.1 Å². The SMILES string of the molecule is COc1cc(C(=O)N2c3ccccc3CC2CN)ccc1OC(C)C. The van der Waals surface area contributed by atoms with Gasteiger partial charge in [-0.15, -0.1) is 0 Å². The molecule has 0 bridgehead atoms. The van der Waals surface area contributed by atoms with Crippen LogP contribution >= 0.6 is 0 Å². The molecule has 0 saturated heterocycles. The smallest absolute Gasteiger partial charge is 0.258 e. The third-order valence-electron chi connectivity index (χ3n) is 4.34. The Morgan fingerprint density at radius 3 is 2.68 bits per heavy atom. The van der Waals surface area contributed by atoms with Gasteiger partial charge in [-0.05, 0) is 50.1 Å². The van der Waals surface area contributed by atoms with E-state index in [1.165, 1.54) is 0 Å². The number of hydrogen-bond donors (Lipinski definition) is 1. The van der Waals surface area contributed by atoms with Gasteiger partial charge in [-0.25, -0.2) is 0 Å². The van der Waals surface area contributed by atoms with Crippen LogP contribution in [0.1, 0.15) is 29.8 Å². The van der Waals surface area contributed by atoms with Gasteiger partial charge in [-0.2, -0.15) is 0 Å². The Balaban J connectivity index is 1.95. The van der Waals surface area contributed by atoms with E-state index in [1.54, 1.807) is 30.2 Å². The largest absolute Gasteiger partial charge is 0.493 e. The van der Waals surface area contributed by atoms with Crippen LogP contribution in [0.2, 0.25) is 0 Å². The van der Waals surface area contributed by atoms with Gasteiger partial charge in [0.2, 0.25) is 0 Å². The summed E-state index contributed by atoms with van der Waals surface area (Å²) in [5.74, 6) is 1.11. The third kappa shape index (κ3) is 3.33. The Labute approximate surface area is 148 Å². The van der Waals surface area contributed by atoms with Gasteiger partial charge in [-0.1, -0.05) is 18.2 Å². The van der Waals surface area contributed by atoms with Crippen LogP contribution in [0.3, 0.4) is 0 Å². The van der Waals surface area contributed by atoms with Crippen LogP contribution in [0.5, 0.6) is 11.5 Å². The summed E-state index contributed by atoms with van der Waals surface area (Å²) in [6, 6.07) is 13.2. The van der Waals surface area contributed by atoms with Gasteiger partial charge in [0.1, 0.15) is 0 Å². The minimum absolute atomic E-state index is 0.0255. The van der Waals surface area contributed by atoms with Crippen LogP contribution in [0.15, 0.2) is 42.5 Å². The standard InChI is InChI=1S/C20H24N2O3/c1-13(2)25-18-9-8-15(11-19(18)24-3)20(23)22-16(12-21)10-14-6-4-5-7-17(14)22/h4-9,11,13,16H,10,12,21H2,1-3H3. The summed E-state index contributed by atoms with van der Waals surface area (Å²) in [6.45, 7) is 4.32. The summed E-state index contributed by atoms with van der Waals surface area (Å²) in [5.41, 5.74) is 8.56. The molecule has 5 nitrogen and oxygen atoms in total. The van der Waals surface area contributed by atoms with Crippen molar-refractivity contribution in [3.8, 4) is 11.5 Å². The van der Waals surface area contributed by atoms with Crippen molar-refractivity contribution in [2.75, 3.05) is 18.6 Å². The number of para-hydroxylation sites is 1. The average Bonchev–Trinajstić information content (AvgIpc) is 2.99. The number of benzene rings is 2. The molecule has 5 heteroatoms. The molecule has 0 aromatic heterocycles. The first-order valence-corrected chi connectivity index (χ1v) is 8.51. The Hall–Kier alpha value is -2.53. The number of rotatable bonds is 5. The number of carbonyl (C=O) groups is 1. The molecule has 0 aliphatic carbocycles. The molecule has 132 valence electrons. The maximum absolute atomic E-state index is 13.2. The number of hydrogen-bond acceptors (Lipinski definition) is 4. The Bertz CT molecular complexity index is 773. The van der Waals surface area contributed by atoms with Gasteiger partial charge < -0.3 is 20.1 Å². The van der Waals surface area contributed by atoms with Crippen LogP contribution in [0.4, 0.5) is 5.69 Å². The highest BCUT2D eigenvalue weighted by atomic mass is 16.5. The summed E-state index contributed by atoms with van der Waals surface area (Å²) < 4.78 is 11.1. The zero-order valence-electron chi connectivity index (χ0n) is 14.9. The number of amides is 1. The molecule has 2 aromatic carbocycles. The van der Waals surface area contributed by atoms with Crippen molar-refractivity contribution in [1.29, 1.82) is 0 Å². The molecule has 0 saturated carbocycles. The van der Waals surface area contributed by atoms with Crippen molar-refractivity contribution in [2.24, 2.45) is 5.73 Å². The lowest BCUT2D eigenvalue weighted by molar-refractivity contribution is 0.0980. The normalized spacial score (nSPS) is 16.0. The summed E-state index contributed by atoms with van der Waals surface area (Å²) in [6.07, 6.45) is 0.812. The summed E-state index contributed by atoms with van der Waals surface area (Å²) in [5, 5.41) is 0. The van der Waals surface area contributed by atoms with E-state index < -0.39 is 0 Å². The molecule has 0 radical (unpaired) electrons. The van der Waals surface area contributed by atoms with Crippen molar-refractivity contribution in [2.45, 2.75) is 32.4 Å². The minimum Gasteiger partial charge on any atom is -0.493 e. The molecule has 1 atom stereocenters. The fraction of sp³-hybridized carbons (Fsp3) is 0.350. The molecule has 3 rings (SSSR count). The van der Waals surface area contributed by atoms with E-state index in [9.17, 15) is 4.79 Å². The number of carbonyl (C=O) groups excluding carboxylic acids is 1. The Morgan fingerprint density at radius 2 is 2.00 bits per heavy atom. The zero-order chi connectivity index (χ0) is 18.0. The fourth-order valence-corrected chi connectivity index (χ4v) is 3.22. The van der Waals surface area contributed by atoms with Crippen LogP contribution in [0.25, 0.3) is 0 Å². The molecule has 0 spiro atoms. The van der Waals surface area contributed by atoms with Gasteiger partial charge in [0.25, 0.3) is 5.91 Å². The topological polar surface area (TPSA) is 64.8 Å². The molecular weight excluding hydrogens is 316 g/mol. The van der Waals surface area contributed by atoms with Gasteiger partial charge >= 0.3 is 0 Å². The summed E-state index contributed by atoms with van der Waals surface area (Å²) in [4.78, 5) is 15.0. The third-order valence-corrected chi connectivity index (χ3v) is 4.34. The van der Waals surface area contributed by atoms with Gasteiger partial charge in [0, 0.05) is 17.8 Å². The second-order valence-electron chi connectivity index (χ2n) is 6.43. The molecule has 1 aliphatic rings. The molecule has 1 heterocycles. The minimum atomic E-state index is -0.0743. The maximum atomic E-state index is 13.2. The Morgan fingerprint density at radius 1 is 1.24 bits per heavy atom. The zero-order valence-corrected chi connectivity index (χ0v) is 14.9. The molecule has 1 unspecified atom stereocenters. The van der Waals surface area contributed by atoms with Crippen LogP contribution < -0.4 is 20.1 Å². The predicted molar refractivity (Wildman–Crippen MR) is 98.6 cm³/mol. The number of ether oxygens (including phenoxy) is 2. The second kappa shape index (κ2) is 7.15. The van der Waals surface area contributed by atoms with Crippen LogP contribution in [0, 0.1) is 0 Å². The predicted octanol–water partition coefficient (Wildman–Crippen LogP) is 3.01. The molecular formula is C20H24N2O3. The lowest BCUT2D eigenvalue weighted by Gasteiger charge is -2.25. The van der Waals surface area contributed by atoms with E-state index in [0.29, 0.717) is 23.6 Å². The monoisotopic (exact) mass is 340 g/mol. The second-order valence-corrected chi connectivity index (χ2v) is 6.43. The van der Waals surface area contributed by atoms with E-state index in [-0.39, 0.29) is 18.1 Å². The molecule has 1 amide bonds. The maximum Gasteiger partial charge on any atom is 0.258 e. The van der Waals surface area contributed by atoms with Gasteiger partial charge in [0.15, 0.2) is 11.5 Å². The molecule has 1 aliphatic heterocycles. The number of methoxy groups -OCH3 is 1. The van der Waals surface area contributed by atoms with Gasteiger partial charge in [0.05, 0.1) is 19.3 Å². The number of fused-ring (bicyclic) bond motifs is 1. The van der Waals surface area contributed by atoms with Crippen molar-refractivity contribution in [1.82, 2.24) is 0 Å². The van der Waals surface area contributed by atoms with E-state index in [4.69, 9.17) is 15.2 Å². The molecule has 2 aromatic rings. The first-order chi connectivity index (χ1) is 12.0. The Kier molecular flexibility index (Phi) is 4.95. The van der Waals surface area contributed by atoms with Crippen molar-refractivity contribution >= 4 is 11.6 Å². The quantitative estimate of drug-likeness (QED) is 0.909. The first-order valence-electron chi connectivity index (χ1n) is 8.51. The van der Waals surface area contributed by atoms with Crippen LogP contribution in [-0.4, -0.2) is 31.7 Å². The lowest BCUT2D eigenvalue weighted by Crippen LogP contribution is -2.42. The van der Waals surface area contributed by atoms with Crippen molar-refractivity contribution < 1.29 is 14.3 Å². The summed E-state index contributed by atoms with van der Waals surface area (Å²) in [7, 11) is 1.57. The highest BCUT2D eigenvalue weighted by Crippen LogP contribution is 2.35. The van der Waals surface area contributed by atoms with E-state index in [2.05, 4.69) is 0 Å². The number of nitrogens with two attached hydrogens (primary N) is 1. The van der Waals surface area contributed by atoms with Crippen molar-refractivity contribution in [3.05, 3.63) is 53.6 Å². The number of nitrogens with zero attached hydrogens (tertiary/aromatic N) is 1. The highest BCUT2D eigenvalue weighted by molar-refractivity contribution is 6.08. The molecule has 2 N–H and O–H groups in total. The molecule has 25 heavy (non-hydrogen) atoms. The first kappa shape index (κ1) is 17.3. The van der Waals surface area contributed by atoms with Crippen LogP contribution in [-0.2, 0) is 6.42 Å². The number of anilines is 1. The van der Waals surface area contributed by atoms with Crippen molar-refractivity contribution in [3.63, 3.8) is 0 Å². The average molecular weight is 340 g/mol. The lowest BCUT2D eigenvalue weighted by atomic mass is 10.1. The highest BCUT2D eigenvalue weighted by Gasteiger charge is 2.33.